The molecular formula is C6H14Cl2O2. The van der Waals surface area contributed by atoms with Gasteiger partial charge in [0.25, 0.3) is 0 Å². The zero-order valence-corrected chi connectivity index (χ0v) is 7.66. The molecule has 64 valence electrons. The van der Waals surface area contributed by atoms with Crippen molar-refractivity contribution in [2.24, 2.45) is 0 Å². The van der Waals surface area contributed by atoms with Crippen LogP contribution >= 0.6 is 23.2 Å². The molecule has 1 fully saturated rings. The number of ether oxygens (including phenoxy) is 1. The highest BCUT2D eigenvalue weighted by Crippen LogP contribution is 1.98. The predicted octanol–water partition coefficient (Wildman–Crippen LogP) is 1.83. The highest BCUT2D eigenvalue weighted by Gasteiger charge is 1.94. The summed E-state index contributed by atoms with van der Waals surface area (Å²) in [6, 6.07) is 0. The summed E-state index contributed by atoms with van der Waals surface area (Å²) in [6.45, 7) is 2.00. The predicted molar refractivity (Wildman–Crippen MR) is 44.8 cm³/mol. The first-order valence-electron chi connectivity index (χ1n) is 3.06. The van der Waals surface area contributed by atoms with Gasteiger partial charge in [0.15, 0.2) is 0 Å². The summed E-state index contributed by atoms with van der Waals surface area (Å²) in [5, 5.41) is 7.19. The zero-order valence-electron chi connectivity index (χ0n) is 6.15. The molecule has 0 aromatic rings. The van der Waals surface area contributed by atoms with Gasteiger partial charge < -0.3 is 9.84 Å². The fourth-order valence-corrected chi connectivity index (χ4v) is 0.510. The van der Waals surface area contributed by atoms with Crippen LogP contribution in [0.5, 0.6) is 0 Å². The Labute approximate surface area is 72.1 Å². The Balaban J connectivity index is 0. The molecule has 1 rings (SSSR count). The Kier molecular flexibility index (Phi) is 21.3. The molecule has 0 atom stereocenters. The van der Waals surface area contributed by atoms with Crippen LogP contribution in [0.15, 0.2) is 0 Å². The van der Waals surface area contributed by atoms with Crippen LogP contribution in [0.2, 0.25) is 0 Å². The van der Waals surface area contributed by atoms with E-state index in [9.17, 15) is 0 Å². The van der Waals surface area contributed by atoms with Crippen molar-refractivity contribution in [1.82, 2.24) is 0 Å². The Hall–Kier alpha value is 0.500. The fraction of sp³-hybridized carbons (Fsp3) is 1.00. The minimum atomic E-state index is 0.194. The first-order chi connectivity index (χ1) is 4.91. The second kappa shape index (κ2) is 16.2. The molecule has 1 aliphatic rings. The van der Waals surface area contributed by atoms with Crippen LogP contribution in [0.3, 0.4) is 0 Å². The topological polar surface area (TPSA) is 29.5 Å². The average molecular weight is 189 g/mol. The third kappa shape index (κ3) is 15.8. The normalized spacial score (nSPS) is 14.4. The van der Waals surface area contributed by atoms with E-state index in [1.54, 1.807) is 0 Å². The smallest absolute Gasteiger partial charge is 0.0967 e. The number of rotatable bonds is 0. The number of hydrogen-bond donors (Lipinski definition) is 1. The monoisotopic (exact) mass is 188 g/mol. The quantitative estimate of drug-likeness (QED) is 0.589. The lowest BCUT2D eigenvalue weighted by Gasteiger charge is -1.76. The molecule has 0 radical (unpaired) electrons. The van der Waals surface area contributed by atoms with Crippen molar-refractivity contribution in [3.63, 3.8) is 0 Å². The molecule has 0 saturated carbocycles. The molecule has 2 nitrogen and oxygen atoms in total. The number of aliphatic hydroxyl groups excluding tert-OH is 1. The van der Waals surface area contributed by atoms with Gasteiger partial charge in [0, 0.05) is 20.3 Å². The van der Waals surface area contributed by atoms with Crippen molar-refractivity contribution in [1.29, 1.82) is 0 Å². The summed E-state index contributed by atoms with van der Waals surface area (Å²) in [5.41, 5.74) is 0. The molecule has 0 spiro atoms. The van der Waals surface area contributed by atoms with E-state index in [1.165, 1.54) is 12.8 Å². The first-order valence-corrected chi connectivity index (χ1v) is 4.13. The summed E-state index contributed by atoms with van der Waals surface area (Å²) in [7, 11) is 1.00. The number of halogens is 2. The second-order valence-corrected chi connectivity index (χ2v) is 2.23. The molecule has 0 amide bonds. The Morgan fingerprint density at radius 3 is 1.60 bits per heavy atom. The fourth-order valence-electron chi connectivity index (χ4n) is 0.510. The molecular weight excluding hydrogens is 175 g/mol. The third-order valence-electron chi connectivity index (χ3n) is 0.827. The van der Waals surface area contributed by atoms with E-state index in [1.807, 2.05) is 0 Å². The summed E-state index contributed by atoms with van der Waals surface area (Å²) in [4.78, 5) is 0. The van der Waals surface area contributed by atoms with Crippen molar-refractivity contribution in [3.8, 4) is 0 Å². The van der Waals surface area contributed by atoms with Crippen LogP contribution in [-0.2, 0) is 4.74 Å². The standard InChI is InChI=1S/C4H8O.CH2Cl2.CH4O/c1-2-4-5-3-1;2-1-3;1-2/h1-4H2;1H2;2H,1H3. The van der Waals surface area contributed by atoms with Gasteiger partial charge in [-0.05, 0) is 12.8 Å². The van der Waals surface area contributed by atoms with E-state index in [-0.39, 0.29) is 5.34 Å². The highest BCUT2D eigenvalue weighted by atomic mass is 35.5. The number of aliphatic hydroxyl groups is 1. The minimum Gasteiger partial charge on any atom is -0.400 e. The van der Waals surface area contributed by atoms with Crippen LogP contribution in [0.4, 0.5) is 0 Å². The summed E-state index contributed by atoms with van der Waals surface area (Å²) in [5.74, 6) is 0. The average Bonchev–Trinajstić information content (AvgIpc) is 2.48. The van der Waals surface area contributed by atoms with Gasteiger partial charge >= 0.3 is 0 Å². The summed E-state index contributed by atoms with van der Waals surface area (Å²) in [6.07, 6.45) is 2.56. The number of hydrogen-bond acceptors (Lipinski definition) is 2. The van der Waals surface area contributed by atoms with Gasteiger partial charge in [0.1, 0.15) is 0 Å². The van der Waals surface area contributed by atoms with Gasteiger partial charge in [-0.15, -0.1) is 23.2 Å². The molecule has 1 saturated heterocycles. The van der Waals surface area contributed by atoms with Crippen LogP contribution < -0.4 is 0 Å². The Morgan fingerprint density at radius 1 is 1.20 bits per heavy atom. The highest BCUT2D eigenvalue weighted by molar-refractivity contribution is 6.40. The zero-order chi connectivity index (χ0) is 8.24. The van der Waals surface area contributed by atoms with Gasteiger partial charge in [-0.3, -0.25) is 0 Å². The molecule has 1 heterocycles. The Morgan fingerprint density at radius 2 is 1.50 bits per heavy atom. The van der Waals surface area contributed by atoms with E-state index in [0.717, 1.165) is 20.3 Å². The van der Waals surface area contributed by atoms with Crippen molar-refractivity contribution >= 4 is 23.2 Å². The lowest BCUT2D eigenvalue weighted by Crippen LogP contribution is -1.74. The van der Waals surface area contributed by atoms with E-state index in [2.05, 4.69) is 0 Å². The summed E-state index contributed by atoms with van der Waals surface area (Å²) >= 11 is 9.53. The maximum absolute atomic E-state index is 7.00. The van der Waals surface area contributed by atoms with Crippen LogP contribution in [0.25, 0.3) is 0 Å². The molecule has 0 bridgehead atoms. The first kappa shape index (κ1) is 13.1. The van der Waals surface area contributed by atoms with Gasteiger partial charge in [-0.25, -0.2) is 0 Å². The molecule has 0 unspecified atom stereocenters. The van der Waals surface area contributed by atoms with E-state index < -0.39 is 0 Å². The maximum Gasteiger partial charge on any atom is 0.0967 e. The van der Waals surface area contributed by atoms with Gasteiger partial charge in [0.2, 0.25) is 0 Å². The third-order valence-corrected chi connectivity index (χ3v) is 0.827. The lowest BCUT2D eigenvalue weighted by atomic mass is 10.4. The maximum atomic E-state index is 7.00. The van der Waals surface area contributed by atoms with E-state index in [4.69, 9.17) is 33.0 Å². The van der Waals surface area contributed by atoms with Crippen molar-refractivity contribution in [2.45, 2.75) is 12.8 Å². The molecule has 0 aromatic heterocycles. The van der Waals surface area contributed by atoms with Crippen molar-refractivity contribution in [2.75, 3.05) is 25.7 Å². The molecule has 10 heavy (non-hydrogen) atoms. The minimum absolute atomic E-state index is 0.194. The summed E-state index contributed by atoms with van der Waals surface area (Å²) < 4.78 is 4.94. The van der Waals surface area contributed by atoms with E-state index >= 15 is 0 Å². The Bertz CT molecular complexity index is 33.1. The van der Waals surface area contributed by atoms with Crippen molar-refractivity contribution < 1.29 is 9.84 Å². The largest absolute Gasteiger partial charge is 0.400 e. The molecule has 0 aliphatic carbocycles. The molecule has 0 aromatic carbocycles. The van der Waals surface area contributed by atoms with Crippen LogP contribution in [0, 0.1) is 0 Å². The van der Waals surface area contributed by atoms with Crippen molar-refractivity contribution in [3.05, 3.63) is 0 Å². The van der Waals surface area contributed by atoms with Crippen LogP contribution in [-0.4, -0.2) is 30.8 Å². The van der Waals surface area contributed by atoms with Gasteiger partial charge in [0.05, 0.1) is 5.34 Å². The second-order valence-electron chi connectivity index (χ2n) is 1.42. The van der Waals surface area contributed by atoms with Gasteiger partial charge in [-0.1, -0.05) is 0 Å². The SMILES string of the molecule is C1CCOC1.CO.ClCCl. The molecule has 4 heteroatoms. The molecule has 1 aliphatic heterocycles. The van der Waals surface area contributed by atoms with Gasteiger partial charge in [-0.2, -0.15) is 0 Å². The lowest BCUT2D eigenvalue weighted by molar-refractivity contribution is 0.198. The van der Waals surface area contributed by atoms with Crippen LogP contribution in [0.1, 0.15) is 12.8 Å². The number of alkyl halides is 2. The molecule has 1 N–H and O–H groups in total. The van der Waals surface area contributed by atoms with E-state index in [0.29, 0.717) is 0 Å².